The first-order valence-corrected chi connectivity index (χ1v) is 8.35. The zero-order valence-electron chi connectivity index (χ0n) is 14.1. The number of piperidine rings is 1. The molecule has 3 heteroatoms. The molecule has 2 atom stereocenters. The number of rotatable bonds is 2. The van der Waals surface area contributed by atoms with Crippen molar-refractivity contribution in [2.24, 2.45) is 0 Å². The van der Waals surface area contributed by atoms with E-state index in [0.717, 1.165) is 13.1 Å². The SMILES string of the molecule is CN([C@H]1CCC[C@@H](N2CCC(C)(F)CC2)C1)C(C)(C)C. The van der Waals surface area contributed by atoms with Gasteiger partial charge in [-0.15, -0.1) is 0 Å². The second-order valence-corrected chi connectivity index (χ2v) is 8.21. The van der Waals surface area contributed by atoms with Crippen LogP contribution in [0.25, 0.3) is 0 Å². The van der Waals surface area contributed by atoms with Crippen LogP contribution in [0.2, 0.25) is 0 Å². The maximum Gasteiger partial charge on any atom is 0.110 e. The molecule has 1 heterocycles. The molecule has 0 bridgehead atoms. The fourth-order valence-corrected chi connectivity index (χ4v) is 3.73. The van der Waals surface area contributed by atoms with E-state index in [1.807, 2.05) is 0 Å². The molecule has 0 aromatic heterocycles. The Morgan fingerprint density at radius 1 is 1.15 bits per heavy atom. The maximum absolute atomic E-state index is 13.9. The van der Waals surface area contributed by atoms with Crippen molar-refractivity contribution >= 4 is 0 Å². The molecule has 1 saturated carbocycles. The van der Waals surface area contributed by atoms with Gasteiger partial charge in [0.05, 0.1) is 0 Å². The number of hydrogen-bond acceptors (Lipinski definition) is 2. The summed E-state index contributed by atoms with van der Waals surface area (Å²) < 4.78 is 13.9. The van der Waals surface area contributed by atoms with E-state index in [9.17, 15) is 4.39 Å². The quantitative estimate of drug-likeness (QED) is 0.760. The van der Waals surface area contributed by atoms with Crippen LogP contribution in [0.4, 0.5) is 4.39 Å². The molecule has 20 heavy (non-hydrogen) atoms. The van der Waals surface area contributed by atoms with Crippen LogP contribution in [0.15, 0.2) is 0 Å². The molecule has 2 nitrogen and oxygen atoms in total. The molecule has 2 fully saturated rings. The topological polar surface area (TPSA) is 6.48 Å². The van der Waals surface area contributed by atoms with Crippen LogP contribution in [0.3, 0.4) is 0 Å². The fraction of sp³-hybridized carbons (Fsp3) is 1.00. The molecule has 0 radical (unpaired) electrons. The average Bonchev–Trinajstić information content (AvgIpc) is 2.37. The van der Waals surface area contributed by atoms with Crippen LogP contribution in [0.1, 0.15) is 66.2 Å². The Kier molecular flexibility index (Phi) is 4.80. The van der Waals surface area contributed by atoms with E-state index in [4.69, 9.17) is 0 Å². The molecule has 2 rings (SSSR count). The molecule has 0 N–H and O–H groups in total. The van der Waals surface area contributed by atoms with E-state index >= 15 is 0 Å². The average molecular weight is 284 g/mol. The van der Waals surface area contributed by atoms with Gasteiger partial charge in [0.25, 0.3) is 0 Å². The summed E-state index contributed by atoms with van der Waals surface area (Å²) in [5, 5.41) is 0. The van der Waals surface area contributed by atoms with Gasteiger partial charge in [0.1, 0.15) is 5.67 Å². The summed E-state index contributed by atoms with van der Waals surface area (Å²) in [7, 11) is 2.27. The van der Waals surface area contributed by atoms with E-state index in [0.29, 0.717) is 24.9 Å². The zero-order valence-corrected chi connectivity index (χ0v) is 14.1. The first kappa shape index (κ1) is 16.2. The van der Waals surface area contributed by atoms with Crippen LogP contribution in [0, 0.1) is 0 Å². The lowest BCUT2D eigenvalue weighted by Gasteiger charge is -2.46. The van der Waals surface area contributed by atoms with E-state index in [-0.39, 0.29) is 5.54 Å². The van der Waals surface area contributed by atoms with Gasteiger partial charge in [-0.3, -0.25) is 4.90 Å². The van der Waals surface area contributed by atoms with Gasteiger partial charge >= 0.3 is 0 Å². The summed E-state index contributed by atoms with van der Waals surface area (Å²) in [6.45, 7) is 10.6. The molecule has 0 amide bonds. The molecule has 1 aliphatic heterocycles. The van der Waals surface area contributed by atoms with Gasteiger partial charge in [0, 0.05) is 30.7 Å². The smallest absolute Gasteiger partial charge is 0.110 e. The Hall–Kier alpha value is -0.150. The molecule has 0 aromatic carbocycles. The second kappa shape index (κ2) is 5.92. The highest BCUT2D eigenvalue weighted by Crippen LogP contribution is 2.33. The molecule has 118 valence electrons. The molecule has 1 saturated heterocycles. The highest BCUT2D eigenvalue weighted by atomic mass is 19.1. The Morgan fingerprint density at radius 2 is 1.75 bits per heavy atom. The van der Waals surface area contributed by atoms with Crippen LogP contribution < -0.4 is 0 Å². The maximum atomic E-state index is 13.9. The van der Waals surface area contributed by atoms with Crippen LogP contribution in [-0.4, -0.2) is 53.2 Å². The standard InChI is InChI=1S/C17H33FN2/c1-16(2,3)19(5)14-7-6-8-15(13-14)20-11-9-17(4,18)10-12-20/h14-15H,6-13H2,1-5H3/t14-,15+/m0/s1. The summed E-state index contributed by atoms with van der Waals surface area (Å²) >= 11 is 0. The third kappa shape index (κ3) is 3.94. The predicted octanol–water partition coefficient (Wildman–Crippen LogP) is 3.85. The van der Waals surface area contributed by atoms with Crippen molar-refractivity contribution in [2.45, 2.75) is 89.5 Å². The minimum Gasteiger partial charge on any atom is -0.300 e. The largest absolute Gasteiger partial charge is 0.300 e. The number of likely N-dealkylation sites (tertiary alicyclic amines) is 1. The van der Waals surface area contributed by atoms with Crippen molar-refractivity contribution in [3.63, 3.8) is 0 Å². The fourth-order valence-electron chi connectivity index (χ4n) is 3.73. The molecule has 0 aromatic rings. The van der Waals surface area contributed by atoms with Gasteiger partial charge < -0.3 is 4.90 Å². The summed E-state index contributed by atoms with van der Waals surface area (Å²) in [5.41, 5.74) is -0.682. The Labute approximate surface area is 124 Å². The lowest BCUT2D eigenvalue weighted by atomic mass is 9.85. The Morgan fingerprint density at radius 3 is 2.30 bits per heavy atom. The lowest BCUT2D eigenvalue weighted by Crippen LogP contribution is -2.52. The summed E-state index contributed by atoms with van der Waals surface area (Å²) in [5.74, 6) is 0. The minimum absolute atomic E-state index is 0.242. The lowest BCUT2D eigenvalue weighted by molar-refractivity contribution is 0.0135. The second-order valence-electron chi connectivity index (χ2n) is 8.21. The van der Waals surface area contributed by atoms with Gasteiger partial charge in [-0.1, -0.05) is 6.42 Å². The third-order valence-electron chi connectivity index (χ3n) is 5.58. The van der Waals surface area contributed by atoms with Gasteiger partial charge in [-0.2, -0.15) is 0 Å². The third-order valence-corrected chi connectivity index (χ3v) is 5.58. The van der Waals surface area contributed by atoms with Crippen molar-refractivity contribution in [2.75, 3.05) is 20.1 Å². The number of nitrogens with zero attached hydrogens (tertiary/aromatic N) is 2. The van der Waals surface area contributed by atoms with E-state index in [2.05, 4.69) is 37.6 Å². The van der Waals surface area contributed by atoms with Crippen molar-refractivity contribution in [1.82, 2.24) is 9.80 Å². The van der Waals surface area contributed by atoms with E-state index < -0.39 is 5.67 Å². The first-order chi connectivity index (χ1) is 9.19. The van der Waals surface area contributed by atoms with Crippen molar-refractivity contribution in [1.29, 1.82) is 0 Å². The highest BCUT2D eigenvalue weighted by molar-refractivity contribution is 4.91. The molecule has 1 aliphatic carbocycles. The van der Waals surface area contributed by atoms with Crippen molar-refractivity contribution in [3.8, 4) is 0 Å². The molecular weight excluding hydrogens is 251 g/mol. The Balaban J connectivity index is 1.91. The van der Waals surface area contributed by atoms with Crippen molar-refractivity contribution in [3.05, 3.63) is 0 Å². The minimum atomic E-state index is -0.924. The predicted molar refractivity (Wildman–Crippen MR) is 83.9 cm³/mol. The monoisotopic (exact) mass is 284 g/mol. The van der Waals surface area contributed by atoms with Crippen LogP contribution in [0.5, 0.6) is 0 Å². The normalized spacial score (nSPS) is 32.5. The molecular formula is C17H33FN2. The highest BCUT2D eigenvalue weighted by Gasteiger charge is 2.36. The molecule has 0 spiro atoms. The molecule has 2 aliphatic rings. The number of halogens is 1. The first-order valence-electron chi connectivity index (χ1n) is 8.35. The van der Waals surface area contributed by atoms with Gasteiger partial charge in [-0.05, 0) is 66.8 Å². The van der Waals surface area contributed by atoms with Crippen LogP contribution >= 0.6 is 0 Å². The summed E-state index contributed by atoms with van der Waals surface area (Å²) in [4.78, 5) is 5.10. The van der Waals surface area contributed by atoms with E-state index in [1.54, 1.807) is 6.92 Å². The van der Waals surface area contributed by atoms with Gasteiger partial charge in [-0.25, -0.2) is 4.39 Å². The zero-order chi connectivity index (χ0) is 15.0. The van der Waals surface area contributed by atoms with Gasteiger partial charge in [0.2, 0.25) is 0 Å². The summed E-state index contributed by atoms with van der Waals surface area (Å²) in [6.07, 6.45) is 6.62. The van der Waals surface area contributed by atoms with Crippen LogP contribution in [-0.2, 0) is 0 Å². The summed E-state index contributed by atoms with van der Waals surface area (Å²) in [6, 6.07) is 1.36. The number of hydrogen-bond donors (Lipinski definition) is 0. The molecule has 0 unspecified atom stereocenters. The van der Waals surface area contributed by atoms with Gasteiger partial charge in [0.15, 0.2) is 0 Å². The van der Waals surface area contributed by atoms with Crippen molar-refractivity contribution < 1.29 is 4.39 Å². The number of alkyl halides is 1. The Bertz CT molecular complexity index is 311. The van der Waals surface area contributed by atoms with E-state index in [1.165, 1.54) is 25.7 Å².